The molecule has 1 aromatic rings. The third kappa shape index (κ3) is 1.79. The van der Waals surface area contributed by atoms with Gasteiger partial charge in [0.25, 0.3) is 0 Å². The van der Waals surface area contributed by atoms with Gasteiger partial charge in [-0.2, -0.15) is 0 Å². The summed E-state index contributed by atoms with van der Waals surface area (Å²) in [4.78, 5) is 2.47. The number of hydrogen-bond donors (Lipinski definition) is 0. The first-order valence-corrected chi connectivity index (χ1v) is 7.64. The molecule has 1 aromatic carbocycles. The summed E-state index contributed by atoms with van der Waals surface area (Å²) in [6.45, 7) is 0. The highest BCUT2D eigenvalue weighted by Gasteiger charge is 2.52. The van der Waals surface area contributed by atoms with Crippen molar-refractivity contribution in [1.29, 1.82) is 0 Å². The number of nitrogens with zero attached hydrogens (tertiary/aromatic N) is 1. The van der Waals surface area contributed by atoms with Crippen LogP contribution in [0.5, 0.6) is 0 Å². The Morgan fingerprint density at radius 3 is 1.89 bits per heavy atom. The molecule has 102 valence electrons. The molecule has 0 unspecified atom stereocenters. The van der Waals surface area contributed by atoms with E-state index in [0.29, 0.717) is 5.54 Å². The van der Waals surface area contributed by atoms with E-state index in [1.165, 1.54) is 44.2 Å². The number of anilines is 1. The topological polar surface area (TPSA) is 3.24 Å². The van der Waals surface area contributed by atoms with Gasteiger partial charge >= 0.3 is 0 Å². The van der Waals surface area contributed by atoms with Crippen molar-refractivity contribution in [1.82, 2.24) is 0 Å². The normalized spacial score (nSPS) is 39.6. The standard InChI is InChI=1S/C17H22FN/c1-19(16-4-2-15(18)3-5-16)17-9-12-6-13(10-17)8-14(7-12)11-17/h2-5,12-14H,6-11H2,1H3. The van der Waals surface area contributed by atoms with Gasteiger partial charge in [-0.1, -0.05) is 0 Å². The van der Waals surface area contributed by atoms with Crippen molar-refractivity contribution in [3.05, 3.63) is 30.1 Å². The van der Waals surface area contributed by atoms with E-state index in [2.05, 4.69) is 11.9 Å². The van der Waals surface area contributed by atoms with E-state index in [-0.39, 0.29) is 5.82 Å². The fourth-order valence-corrected chi connectivity index (χ4v) is 5.41. The minimum atomic E-state index is -0.136. The molecule has 5 rings (SSSR count). The Bertz CT molecular complexity index is 443. The summed E-state index contributed by atoms with van der Waals surface area (Å²) in [5.41, 5.74) is 1.55. The summed E-state index contributed by atoms with van der Waals surface area (Å²) in [6.07, 6.45) is 8.47. The average molecular weight is 259 g/mol. The fourth-order valence-electron chi connectivity index (χ4n) is 5.41. The first-order valence-electron chi connectivity index (χ1n) is 7.64. The number of hydrogen-bond acceptors (Lipinski definition) is 1. The molecule has 0 heterocycles. The van der Waals surface area contributed by atoms with Crippen molar-refractivity contribution in [3.8, 4) is 0 Å². The molecule has 0 aliphatic heterocycles. The smallest absolute Gasteiger partial charge is 0.123 e. The molecule has 4 fully saturated rings. The first-order chi connectivity index (χ1) is 9.14. The third-order valence-electron chi connectivity index (χ3n) is 5.93. The molecule has 4 saturated carbocycles. The lowest BCUT2D eigenvalue weighted by atomic mass is 9.52. The highest BCUT2D eigenvalue weighted by atomic mass is 19.1. The molecule has 0 saturated heterocycles. The van der Waals surface area contributed by atoms with E-state index in [4.69, 9.17) is 0 Å². The zero-order valence-electron chi connectivity index (χ0n) is 11.6. The van der Waals surface area contributed by atoms with E-state index >= 15 is 0 Å². The SMILES string of the molecule is CN(c1ccc(F)cc1)C12CC3CC(CC(C3)C1)C2. The molecule has 0 atom stereocenters. The molecule has 4 aliphatic carbocycles. The molecule has 4 aliphatic rings. The van der Waals surface area contributed by atoms with Gasteiger partial charge in [0.1, 0.15) is 5.82 Å². The van der Waals surface area contributed by atoms with Crippen molar-refractivity contribution in [2.45, 2.75) is 44.1 Å². The van der Waals surface area contributed by atoms with Crippen molar-refractivity contribution in [2.75, 3.05) is 11.9 Å². The summed E-state index contributed by atoms with van der Waals surface area (Å²) in [7, 11) is 2.22. The highest BCUT2D eigenvalue weighted by molar-refractivity contribution is 5.49. The molecular weight excluding hydrogens is 237 g/mol. The van der Waals surface area contributed by atoms with Crippen molar-refractivity contribution < 1.29 is 4.39 Å². The second kappa shape index (κ2) is 3.97. The van der Waals surface area contributed by atoms with Crippen LogP contribution in [0.2, 0.25) is 0 Å². The van der Waals surface area contributed by atoms with E-state index in [9.17, 15) is 4.39 Å². The minimum Gasteiger partial charge on any atom is -0.369 e. The van der Waals surface area contributed by atoms with Crippen LogP contribution < -0.4 is 4.90 Å². The van der Waals surface area contributed by atoms with E-state index in [0.717, 1.165) is 17.8 Å². The van der Waals surface area contributed by atoms with Gasteiger partial charge in [-0.25, -0.2) is 4.39 Å². The second-order valence-corrected chi connectivity index (χ2v) is 7.18. The third-order valence-corrected chi connectivity index (χ3v) is 5.93. The molecule has 1 nitrogen and oxygen atoms in total. The van der Waals surface area contributed by atoms with Crippen molar-refractivity contribution >= 4 is 5.69 Å². The molecule has 0 N–H and O–H groups in total. The molecule has 0 aromatic heterocycles. The van der Waals surface area contributed by atoms with Gasteiger partial charge in [0.05, 0.1) is 0 Å². The summed E-state index contributed by atoms with van der Waals surface area (Å²) in [5, 5.41) is 0. The Kier molecular flexibility index (Phi) is 2.46. The first kappa shape index (κ1) is 11.7. The quantitative estimate of drug-likeness (QED) is 0.768. The number of benzene rings is 1. The lowest BCUT2D eigenvalue weighted by Crippen LogP contribution is -2.59. The van der Waals surface area contributed by atoms with Gasteiger partial charge in [0.15, 0.2) is 0 Å². The van der Waals surface area contributed by atoms with Crippen LogP contribution in [0.4, 0.5) is 10.1 Å². The van der Waals surface area contributed by atoms with E-state index in [1.807, 2.05) is 12.1 Å². The van der Waals surface area contributed by atoms with E-state index in [1.54, 1.807) is 12.1 Å². The predicted octanol–water partition coefficient (Wildman–Crippen LogP) is 4.23. The lowest BCUT2D eigenvalue weighted by molar-refractivity contribution is -0.00201. The van der Waals surface area contributed by atoms with Crippen LogP contribution in [0.25, 0.3) is 0 Å². The van der Waals surface area contributed by atoms with Gasteiger partial charge in [0, 0.05) is 18.3 Å². The maximum atomic E-state index is 13.1. The second-order valence-electron chi connectivity index (χ2n) is 7.18. The Morgan fingerprint density at radius 1 is 0.947 bits per heavy atom. The molecule has 0 spiro atoms. The Morgan fingerprint density at radius 2 is 1.42 bits per heavy atom. The van der Waals surface area contributed by atoms with Crippen LogP contribution in [0.15, 0.2) is 24.3 Å². The molecule has 0 radical (unpaired) electrons. The zero-order valence-corrected chi connectivity index (χ0v) is 11.6. The highest BCUT2D eigenvalue weighted by Crippen LogP contribution is 2.58. The maximum absolute atomic E-state index is 13.1. The fraction of sp³-hybridized carbons (Fsp3) is 0.647. The van der Waals surface area contributed by atoms with Gasteiger partial charge in [0.2, 0.25) is 0 Å². The average Bonchev–Trinajstić information content (AvgIpc) is 2.37. The van der Waals surface area contributed by atoms with Crippen molar-refractivity contribution in [2.24, 2.45) is 17.8 Å². The molecule has 19 heavy (non-hydrogen) atoms. The van der Waals surface area contributed by atoms with Crippen LogP contribution >= 0.6 is 0 Å². The largest absolute Gasteiger partial charge is 0.369 e. The van der Waals surface area contributed by atoms with Gasteiger partial charge in [-0.15, -0.1) is 0 Å². The summed E-state index contributed by atoms with van der Waals surface area (Å²) < 4.78 is 13.1. The number of halogens is 1. The van der Waals surface area contributed by atoms with Gasteiger partial charge in [-0.3, -0.25) is 0 Å². The van der Waals surface area contributed by atoms with Crippen LogP contribution in [-0.2, 0) is 0 Å². The summed E-state index contributed by atoms with van der Waals surface area (Å²) in [6, 6.07) is 7.06. The monoisotopic (exact) mass is 259 g/mol. The predicted molar refractivity (Wildman–Crippen MR) is 75.7 cm³/mol. The van der Waals surface area contributed by atoms with Gasteiger partial charge < -0.3 is 4.90 Å². The van der Waals surface area contributed by atoms with Crippen LogP contribution in [0.1, 0.15) is 38.5 Å². The minimum absolute atomic E-state index is 0.136. The Hall–Kier alpha value is -1.05. The molecule has 2 heteroatoms. The van der Waals surface area contributed by atoms with Crippen LogP contribution in [0, 0.1) is 23.6 Å². The van der Waals surface area contributed by atoms with Crippen LogP contribution in [-0.4, -0.2) is 12.6 Å². The lowest BCUT2D eigenvalue weighted by Gasteiger charge is -2.60. The summed E-state index contributed by atoms with van der Waals surface area (Å²) in [5.74, 6) is 2.72. The van der Waals surface area contributed by atoms with E-state index < -0.39 is 0 Å². The Labute approximate surface area is 114 Å². The molecule has 4 bridgehead atoms. The van der Waals surface area contributed by atoms with Crippen LogP contribution in [0.3, 0.4) is 0 Å². The van der Waals surface area contributed by atoms with Crippen molar-refractivity contribution in [3.63, 3.8) is 0 Å². The number of rotatable bonds is 2. The zero-order chi connectivity index (χ0) is 13.0. The molecular formula is C17H22FN. The molecule has 0 amide bonds. The summed E-state index contributed by atoms with van der Waals surface area (Å²) >= 11 is 0. The maximum Gasteiger partial charge on any atom is 0.123 e. The van der Waals surface area contributed by atoms with Gasteiger partial charge in [-0.05, 0) is 80.5 Å². The Balaban J connectivity index is 1.65.